The molecule has 0 N–H and O–H groups in total. The Morgan fingerprint density at radius 2 is 1.72 bits per heavy atom. The molecule has 0 spiro atoms. The van der Waals surface area contributed by atoms with Gasteiger partial charge in [0.25, 0.3) is 0 Å². The Balaban J connectivity index is 2.98. The van der Waals surface area contributed by atoms with E-state index in [4.69, 9.17) is 4.74 Å². The first kappa shape index (κ1) is 14.8. The molecule has 1 unspecified atom stereocenters. The van der Waals surface area contributed by atoms with Crippen molar-refractivity contribution >= 4 is 23.5 Å². The van der Waals surface area contributed by atoms with E-state index in [0.717, 1.165) is 4.90 Å². The number of carbonyl (C=O) groups excluding carboxylic acids is 2. The molecule has 0 aromatic heterocycles. The Kier molecular flexibility index (Phi) is 5.41. The molecule has 0 amide bonds. The van der Waals surface area contributed by atoms with Crippen LogP contribution in [0.1, 0.15) is 24.2 Å². The van der Waals surface area contributed by atoms with Gasteiger partial charge in [-0.1, -0.05) is 26.0 Å². The van der Waals surface area contributed by atoms with Crippen LogP contribution in [0.5, 0.6) is 0 Å². The normalized spacial score (nSPS) is 12.3. The molecule has 0 saturated carbocycles. The fourth-order valence-electron chi connectivity index (χ4n) is 1.74. The lowest BCUT2D eigenvalue weighted by atomic mass is 9.88. The molecule has 1 aromatic rings. The maximum atomic E-state index is 12.3. The van der Waals surface area contributed by atoms with Crippen LogP contribution in [0.15, 0.2) is 29.2 Å². The predicted octanol–water partition coefficient (Wildman–Crippen LogP) is 3.04. The molecule has 1 aromatic carbocycles. The first-order valence-corrected chi connectivity index (χ1v) is 6.99. The minimum Gasteiger partial charge on any atom is -0.468 e. The van der Waals surface area contributed by atoms with Gasteiger partial charge in [0, 0.05) is 10.5 Å². The molecule has 0 heterocycles. The summed E-state index contributed by atoms with van der Waals surface area (Å²) in [5.41, 5.74) is 0.553. The summed E-state index contributed by atoms with van der Waals surface area (Å²) in [5.74, 6) is -1.45. The number of benzene rings is 1. The highest BCUT2D eigenvalue weighted by atomic mass is 32.2. The summed E-state index contributed by atoms with van der Waals surface area (Å²) in [6.07, 6.45) is 1.97. The van der Waals surface area contributed by atoms with Gasteiger partial charge in [-0.05, 0) is 24.3 Å². The summed E-state index contributed by atoms with van der Waals surface area (Å²) < 4.78 is 4.70. The van der Waals surface area contributed by atoms with Crippen molar-refractivity contribution in [1.29, 1.82) is 0 Å². The lowest BCUT2D eigenvalue weighted by Crippen LogP contribution is -2.30. The summed E-state index contributed by atoms with van der Waals surface area (Å²) in [6, 6.07) is 7.28. The van der Waals surface area contributed by atoms with Gasteiger partial charge in [0.15, 0.2) is 5.78 Å². The van der Waals surface area contributed by atoms with Gasteiger partial charge >= 0.3 is 5.97 Å². The lowest BCUT2D eigenvalue weighted by Gasteiger charge is -2.17. The zero-order chi connectivity index (χ0) is 13.7. The molecular weight excluding hydrogens is 248 g/mol. The van der Waals surface area contributed by atoms with E-state index in [1.165, 1.54) is 7.11 Å². The van der Waals surface area contributed by atoms with Crippen molar-refractivity contribution in [3.63, 3.8) is 0 Å². The summed E-state index contributed by atoms with van der Waals surface area (Å²) in [4.78, 5) is 25.0. The summed E-state index contributed by atoms with van der Waals surface area (Å²) in [7, 11) is 1.31. The van der Waals surface area contributed by atoms with Crippen LogP contribution in [0, 0.1) is 11.8 Å². The smallest absolute Gasteiger partial charge is 0.316 e. The third-order valence-corrected chi connectivity index (χ3v) is 3.52. The van der Waals surface area contributed by atoms with Gasteiger partial charge in [-0.2, -0.15) is 0 Å². The van der Waals surface area contributed by atoms with Crippen molar-refractivity contribution in [3.05, 3.63) is 29.8 Å². The molecule has 0 bridgehead atoms. The number of hydrogen-bond donors (Lipinski definition) is 0. The molecule has 0 fully saturated rings. The molecule has 0 aliphatic carbocycles. The van der Waals surface area contributed by atoms with Crippen molar-refractivity contribution < 1.29 is 14.3 Å². The molecule has 1 rings (SSSR count). The summed E-state index contributed by atoms with van der Waals surface area (Å²) in [5, 5.41) is 0. The Morgan fingerprint density at radius 1 is 1.17 bits per heavy atom. The number of carbonyl (C=O) groups is 2. The molecule has 18 heavy (non-hydrogen) atoms. The van der Waals surface area contributed by atoms with Crippen molar-refractivity contribution in [1.82, 2.24) is 0 Å². The summed E-state index contributed by atoms with van der Waals surface area (Å²) >= 11 is 1.61. The second-order valence-corrected chi connectivity index (χ2v) is 5.22. The maximum Gasteiger partial charge on any atom is 0.316 e. The second kappa shape index (κ2) is 6.59. The first-order chi connectivity index (χ1) is 8.51. The van der Waals surface area contributed by atoms with E-state index in [9.17, 15) is 9.59 Å². The number of ketones is 1. The molecule has 0 saturated heterocycles. The van der Waals surface area contributed by atoms with E-state index < -0.39 is 11.9 Å². The number of Topliss-reactive ketones (excluding diaryl/α,β-unsaturated/α-hetero) is 1. The van der Waals surface area contributed by atoms with Gasteiger partial charge in [-0.15, -0.1) is 11.8 Å². The van der Waals surface area contributed by atoms with Crippen molar-refractivity contribution in [3.8, 4) is 0 Å². The third-order valence-electron chi connectivity index (χ3n) is 2.78. The average molecular weight is 266 g/mol. The van der Waals surface area contributed by atoms with E-state index in [2.05, 4.69) is 0 Å². The molecule has 0 aliphatic rings. The summed E-state index contributed by atoms with van der Waals surface area (Å²) in [6.45, 7) is 3.69. The molecule has 4 heteroatoms. The van der Waals surface area contributed by atoms with Crippen molar-refractivity contribution in [2.45, 2.75) is 18.7 Å². The SMILES string of the molecule is COC(=O)C(C(=O)c1ccc(SC)cc1)C(C)C. The van der Waals surface area contributed by atoms with E-state index in [0.29, 0.717) is 5.56 Å². The Morgan fingerprint density at radius 3 is 2.11 bits per heavy atom. The number of esters is 1. The van der Waals surface area contributed by atoms with E-state index in [-0.39, 0.29) is 11.7 Å². The van der Waals surface area contributed by atoms with Gasteiger partial charge in [0.1, 0.15) is 5.92 Å². The van der Waals surface area contributed by atoms with Crippen LogP contribution in [-0.2, 0) is 9.53 Å². The first-order valence-electron chi connectivity index (χ1n) is 5.77. The largest absolute Gasteiger partial charge is 0.468 e. The maximum absolute atomic E-state index is 12.3. The van der Waals surface area contributed by atoms with Crippen LogP contribution >= 0.6 is 11.8 Å². The average Bonchev–Trinajstić information content (AvgIpc) is 2.38. The highest BCUT2D eigenvalue weighted by Gasteiger charge is 2.31. The monoisotopic (exact) mass is 266 g/mol. The Hall–Kier alpha value is -1.29. The van der Waals surface area contributed by atoms with Crippen LogP contribution in [0.4, 0.5) is 0 Å². The van der Waals surface area contributed by atoms with Crippen LogP contribution in [0.3, 0.4) is 0 Å². The number of hydrogen-bond acceptors (Lipinski definition) is 4. The fourth-order valence-corrected chi connectivity index (χ4v) is 2.15. The zero-order valence-corrected chi connectivity index (χ0v) is 11.9. The van der Waals surface area contributed by atoms with Gasteiger partial charge in [0.05, 0.1) is 7.11 Å². The second-order valence-electron chi connectivity index (χ2n) is 4.34. The number of thioether (sulfide) groups is 1. The lowest BCUT2D eigenvalue weighted by molar-refractivity contribution is -0.144. The van der Waals surface area contributed by atoms with Crippen LogP contribution < -0.4 is 0 Å². The van der Waals surface area contributed by atoms with Crippen molar-refractivity contribution in [2.75, 3.05) is 13.4 Å². The Bertz CT molecular complexity index is 423. The van der Waals surface area contributed by atoms with E-state index in [1.807, 2.05) is 32.2 Å². The Labute approximate surface area is 112 Å². The van der Waals surface area contributed by atoms with Gasteiger partial charge in [-0.3, -0.25) is 9.59 Å². The molecule has 0 radical (unpaired) electrons. The van der Waals surface area contributed by atoms with Crippen molar-refractivity contribution in [2.24, 2.45) is 11.8 Å². The van der Waals surface area contributed by atoms with Gasteiger partial charge in [-0.25, -0.2) is 0 Å². The number of ether oxygens (including phenoxy) is 1. The molecule has 3 nitrogen and oxygen atoms in total. The topological polar surface area (TPSA) is 43.4 Å². The van der Waals surface area contributed by atoms with Crippen LogP contribution in [0.2, 0.25) is 0 Å². The minimum absolute atomic E-state index is 0.0785. The molecule has 1 atom stereocenters. The van der Waals surface area contributed by atoms with E-state index >= 15 is 0 Å². The third kappa shape index (κ3) is 3.35. The standard InChI is InChI=1S/C14H18O3S/c1-9(2)12(14(16)17-3)13(15)10-5-7-11(18-4)8-6-10/h5-9,12H,1-4H3. The molecule has 98 valence electrons. The predicted molar refractivity (Wildman–Crippen MR) is 72.9 cm³/mol. The van der Waals surface area contributed by atoms with Crippen LogP contribution in [-0.4, -0.2) is 25.1 Å². The fraction of sp³-hybridized carbons (Fsp3) is 0.429. The van der Waals surface area contributed by atoms with Gasteiger partial charge in [0.2, 0.25) is 0 Å². The quantitative estimate of drug-likeness (QED) is 0.355. The van der Waals surface area contributed by atoms with Crippen LogP contribution in [0.25, 0.3) is 0 Å². The highest BCUT2D eigenvalue weighted by molar-refractivity contribution is 7.98. The number of methoxy groups -OCH3 is 1. The van der Waals surface area contributed by atoms with Gasteiger partial charge < -0.3 is 4.74 Å². The molecular formula is C14H18O3S. The number of rotatable bonds is 5. The minimum atomic E-state index is -0.727. The zero-order valence-electron chi connectivity index (χ0n) is 11.1. The molecule has 0 aliphatic heterocycles. The van der Waals surface area contributed by atoms with E-state index in [1.54, 1.807) is 23.9 Å². The highest BCUT2D eigenvalue weighted by Crippen LogP contribution is 2.21.